The van der Waals surface area contributed by atoms with E-state index in [4.69, 9.17) is 0 Å². The fourth-order valence-corrected chi connectivity index (χ4v) is 3.14. The smallest absolute Gasteiger partial charge is 0.267 e. The molecule has 2 N–H and O–H groups in total. The highest BCUT2D eigenvalue weighted by atomic mass is 16.2. The summed E-state index contributed by atoms with van der Waals surface area (Å²) >= 11 is 0. The number of fused-ring (bicyclic) bond motifs is 1. The molecule has 4 nitrogen and oxygen atoms in total. The molecule has 1 aliphatic rings. The average Bonchev–Trinajstić information content (AvgIpc) is 2.94. The van der Waals surface area contributed by atoms with E-state index in [9.17, 15) is 9.59 Å². The fraction of sp³-hybridized carbons (Fsp3) is 0.412. The Hall–Kier alpha value is -2.10. The maximum atomic E-state index is 12.3. The highest BCUT2D eigenvalue weighted by Gasteiger charge is 2.22. The molecule has 0 unspecified atom stereocenters. The van der Waals surface area contributed by atoms with E-state index < -0.39 is 0 Å². The van der Waals surface area contributed by atoms with Crippen molar-refractivity contribution in [3.8, 4) is 0 Å². The van der Waals surface area contributed by atoms with Crippen molar-refractivity contribution in [1.29, 1.82) is 0 Å². The Bertz CT molecular complexity index is 606. The van der Waals surface area contributed by atoms with E-state index in [1.807, 2.05) is 30.3 Å². The number of aromatic nitrogens is 1. The Morgan fingerprint density at radius 1 is 1.24 bits per heavy atom. The molecule has 1 amide bonds. The van der Waals surface area contributed by atoms with Crippen LogP contribution in [0.2, 0.25) is 0 Å². The second kappa shape index (κ2) is 6.12. The van der Waals surface area contributed by atoms with Crippen molar-refractivity contribution >= 4 is 23.1 Å². The molecule has 0 spiro atoms. The SMILES string of the molecule is O=CC[C@H]1CC[C@H](NC(=O)c2cc3ccccc3[nH]2)CC1. The van der Waals surface area contributed by atoms with Gasteiger partial charge in [0, 0.05) is 23.4 Å². The van der Waals surface area contributed by atoms with Crippen LogP contribution in [0.5, 0.6) is 0 Å². The molecule has 3 rings (SSSR count). The molecular weight excluding hydrogens is 264 g/mol. The number of aldehydes is 1. The first-order valence-corrected chi connectivity index (χ1v) is 7.58. The highest BCUT2D eigenvalue weighted by molar-refractivity contribution is 5.98. The summed E-state index contributed by atoms with van der Waals surface area (Å²) in [6.07, 6.45) is 5.64. The molecule has 0 aliphatic heterocycles. The van der Waals surface area contributed by atoms with Gasteiger partial charge in [0.25, 0.3) is 5.91 Å². The van der Waals surface area contributed by atoms with E-state index in [0.29, 0.717) is 18.0 Å². The maximum absolute atomic E-state index is 12.3. The van der Waals surface area contributed by atoms with Crippen molar-refractivity contribution in [1.82, 2.24) is 10.3 Å². The summed E-state index contributed by atoms with van der Waals surface area (Å²) < 4.78 is 0. The van der Waals surface area contributed by atoms with Crippen LogP contribution in [-0.4, -0.2) is 23.2 Å². The van der Waals surface area contributed by atoms with E-state index in [1.54, 1.807) is 0 Å². The van der Waals surface area contributed by atoms with Gasteiger partial charge in [0.2, 0.25) is 0 Å². The first-order valence-electron chi connectivity index (χ1n) is 7.58. The van der Waals surface area contributed by atoms with Gasteiger partial charge in [0.05, 0.1) is 0 Å². The van der Waals surface area contributed by atoms with Gasteiger partial charge in [-0.15, -0.1) is 0 Å². The molecule has 0 bridgehead atoms. The molecule has 110 valence electrons. The summed E-state index contributed by atoms with van der Waals surface area (Å²) in [5, 5.41) is 4.15. The van der Waals surface area contributed by atoms with Crippen LogP contribution in [0.25, 0.3) is 10.9 Å². The molecule has 1 fully saturated rings. The minimum Gasteiger partial charge on any atom is -0.351 e. The Kier molecular flexibility index (Phi) is 4.04. The third-order valence-electron chi connectivity index (χ3n) is 4.39. The number of benzene rings is 1. The van der Waals surface area contributed by atoms with Crippen LogP contribution < -0.4 is 5.32 Å². The average molecular weight is 284 g/mol. The lowest BCUT2D eigenvalue weighted by Gasteiger charge is -2.27. The molecule has 2 aromatic rings. The van der Waals surface area contributed by atoms with Crippen LogP contribution in [0.1, 0.15) is 42.6 Å². The molecule has 0 radical (unpaired) electrons. The second-order valence-electron chi connectivity index (χ2n) is 5.86. The van der Waals surface area contributed by atoms with E-state index >= 15 is 0 Å². The molecule has 1 aromatic heterocycles. The zero-order chi connectivity index (χ0) is 14.7. The minimum absolute atomic E-state index is 0.0370. The summed E-state index contributed by atoms with van der Waals surface area (Å²) in [6.45, 7) is 0. The number of para-hydroxylation sites is 1. The van der Waals surface area contributed by atoms with Crippen molar-refractivity contribution in [2.24, 2.45) is 5.92 Å². The monoisotopic (exact) mass is 284 g/mol. The molecule has 4 heteroatoms. The number of hydrogen-bond acceptors (Lipinski definition) is 2. The van der Waals surface area contributed by atoms with Crippen LogP contribution in [0, 0.1) is 5.92 Å². The van der Waals surface area contributed by atoms with Gasteiger partial charge in [-0.3, -0.25) is 4.79 Å². The molecule has 1 aromatic carbocycles. The number of H-pyrrole nitrogens is 1. The number of carbonyl (C=O) groups is 2. The van der Waals surface area contributed by atoms with Crippen LogP contribution in [0.4, 0.5) is 0 Å². The van der Waals surface area contributed by atoms with Gasteiger partial charge < -0.3 is 15.1 Å². The normalized spacial score (nSPS) is 22.1. The summed E-state index contributed by atoms with van der Waals surface area (Å²) in [5.74, 6) is 0.466. The largest absolute Gasteiger partial charge is 0.351 e. The Balaban J connectivity index is 1.60. The van der Waals surface area contributed by atoms with Crippen LogP contribution in [-0.2, 0) is 4.79 Å². The third kappa shape index (κ3) is 3.15. The lowest BCUT2D eigenvalue weighted by molar-refractivity contribution is -0.108. The van der Waals surface area contributed by atoms with Crippen LogP contribution in [0.15, 0.2) is 30.3 Å². The van der Waals surface area contributed by atoms with Crippen molar-refractivity contribution < 1.29 is 9.59 Å². The maximum Gasteiger partial charge on any atom is 0.267 e. The van der Waals surface area contributed by atoms with E-state index in [2.05, 4.69) is 10.3 Å². The Morgan fingerprint density at radius 2 is 2.00 bits per heavy atom. The molecule has 1 saturated carbocycles. The van der Waals surface area contributed by atoms with E-state index in [-0.39, 0.29) is 11.9 Å². The fourth-order valence-electron chi connectivity index (χ4n) is 3.14. The minimum atomic E-state index is -0.0370. The van der Waals surface area contributed by atoms with Gasteiger partial charge in [-0.25, -0.2) is 0 Å². The molecule has 1 aliphatic carbocycles. The zero-order valence-corrected chi connectivity index (χ0v) is 12.0. The summed E-state index contributed by atoms with van der Waals surface area (Å²) in [4.78, 5) is 26.0. The van der Waals surface area contributed by atoms with Gasteiger partial charge >= 0.3 is 0 Å². The topological polar surface area (TPSA) is 62.0 Å². The number of nitrogens with one attached hydrogen (secondary N) is 2. The van der Waals surface area contributed by atoms with Crippen molar-refractivity contribution in [3.63, 3.8) is 0 Å². The Labute approximate surface area is 123 Å². The van der Waals surface area contributed by atoms with E-state index in [1.165, 1.54) is 0 Å². The van der Waals surface area contributed by atoms with Gasteiger partial charge in [0.15, 0.2) is 0 Å². The molecular formula is C17H20N2O2. The lowest BCUT2D eigenvalue weighted by atomic mass is 9.84. The zero-order valence-electron chi connectivity index (χ0n) is 12.0. The number of rotatable bonds is 4. The van der Waals surface area contributed by atoms with Crippen LogP contribution >= 0.6 is 0 Å². The predicted octanol–water partition coefficient (Wildman–Crippen LogP) is 3.05. The van der Waals surface area contributed by atoms with Crippen molar-refractivity contribution in [3.05, 3.63) is 36.0 Å². The summed E-state index contributed by atoms with van der Waals surface area (Å²) in [6, 6.07) is 10.0. The first kappa shape index (κ1) is 13.9. The lowest BCUT2D eigenvalue weighted by Crippen LogP contribution is -2.37. The second-order valence-corrected chi connectivity index (χ2v) is 5.86. The predicted molar refractivity (Wildman–Crippen MR) is 82.2 cm³/mol. The number of aromatic amines is 1. The molecule has 1 heterocycles. The van der Waals surface area contributed by atoms with E-state index in [0.717, 1.165) is 42.9 Å². The third-order valence-corrected chi connectivity index (χ3v) is 4.39. The standard InChI is InChI=1S/C17H20N2O2/c20-10-9-12-5-7-14(8-6-12)18-17(21)16-11-13-3-1-2-4-15(13)19-16/h1-4,10-12,14,19H,5-9H2,(H,18,21)/t12-,14-. The van der Waals surface area contributed by atoms with Crippen molar-refractivity contribution in [2.45, 2.75) is 38.1 Å². The molecule has 21 heavy (non-hydrogen) atoms. The van der Waals surface area contributed by atoms with Gasteiger partial charge in [0.1, 0.15) is 12.0 Å². The number of amides is 1. The first-order chi connectivity index (χ1) is 10.3. The van der Waals surface area contributed by atoms with Gasteiger partial charge in [-0.2, -0.15) is 0 Å². The summed E-state index contributed by atoms with van der Waals surface area (Å²) in [7, 11) is 0. The Morgan fingerprint density at radius 3 is 2.71 bits per heavy atom. The molecule has 0 saturated heterocycles. The highest BCUT2D eigenvalue weighted by Crippen LogP contribution is 2.26. The number of hydrogen-bond donors (Lipinski definition) is 2. The summed E-state index contributed by atoms with van der Waals surface area (Å²) in [5.41, 5.74) is 1.60. The molecule has 0 atom stereocenters. The number of carbonyl (C=O) groups excluding carboxylic acids is 2. The van der Waals surface area contributed by atoms with Gasteiger partial charge in [-0.05, 0) is 43.7 Å². The van der Waals surface area contributed by atoms with Crippen LogP contribution in [0.3, 0.4) is 0 Å². The van der Waals surface area contributed by atoms with Crippen molar-refractivity contribution in [2.75, 3.05) is 0 Å². The quantitative estimate of drug-likeness (QED) is 0.848. The van der Waals surface area contributed by atoms with Gasteiger partial charge in [-0.1, -0.05) is 18.2 Å².